The summed E-state index contributed by atoms with van der Waals surface area (Å²) in [6, 6.07) is 6.60. The Morgan fingerprint density at radius 3 is 3.08 bits per heavy atom. The van der Waals surface area contributed by atoms with Crippen molar-refractivity contribution in [2.24, 2.45) is 0 Å². The van der Waals surface area contributed by atoms with Crippen molar-refractivity contribution in [2.75, 3.05) is 6.61 Å². The van der Waals surface area contributed by atoms with Gasteiger partial charge in [0.05, 0.1) is 13.2 Å². The van der Waals surface area contributed by atoms with Crippen molar-refractivity contribution in [3.05, 3.63) is 34.9 Å². The highest BCUT2D eigenvalue weighted by atomic mass is 79.9. The molecule has 0 aromatic heterocycles. The van der Waals surface area contributed by atoms with Crippen molar-refractivity contribution in [1.82, 2.24) is 0 Å². The van der Waals surface area contributed by atoms with Gasteiger partial charge in [-0.05, 0) is 23.1 Å². The van der Waals surface area contributed by atoms with Crippen LogP contribution in [0.3, 0.4) is 0 Å². The predicted octanol–water partition coefficient (Wildman–Crippen LogP) is 2.65. The Morgan fingerprint density at radius 2 is 2.25 bits per heavy atom. The van der Waals surface area contributed by atoms with Crippen LogP contribution in [0.4, 0.5) is 0 Å². The minimum Gasteiger partial charge on any atom is -0.376 e. The molecule has 1 aliphatic rings. The van der Waals surface area contributed by atoms with Crippen LogP contribution >= 0.6 is 15.9 Å². The smallest absolute Gasteiger partial charge is 0.0719 e. The molecule has 1 aromatic carbocycles. The summed E-state index contributed by atoms with van der Waals surface area (Å²) in [5.41, 5.74) is 4.17. The summed E-state index contributed by atoms with van der Waals surface area (Å²) in [6.07, 6.45) is 1.07. The molecule has 0 aliphatic carbocycles. The fourth-order valence-corrected chi connectivity index (χ4v) is 1.85. The Hall–Kier alpha value is -0.340. The summed E-state index contributed by atoms with van der Waals surface area (Å²) in [6.45, 7) is 1.66. The van der Waals surface area contributed by atoms with Gasteiger partial charge >= 0.3 is 0 Å². The van der Waals surface area contributed by atoms with E-state index in [2.05, 4.69) is 34.1 Å². The number of benzene rings is 1. The molecule has 64 valence electrons. The monoisotopic (exact) mass is 226 g/mol. The molecule has 0 fully saturated rings. The minimum absolute atomic E-state index is 0.790. The summed E-state index contributed by atoms with van der Waals surface area (Å²) in [7, 11) is 0. The van der Waals surface area contributed by atoms with Crippen LogP contribution in [0, 0.1) is 0 Å². The Balaban J connectivity index is 2.36. The van der Waals surface area contributed by atoms with Crippen molar-refractivity contribution in [2.45, 2.75) is 18.4 Å². The second-order valence-corrected chi connectivity index (χ2v) is 3.60. The zero-order valence-corrected chi connectivity index (χ0v) is 8.43. The fraction of sp³-hybridized carbons (Fsp3) is 0.400. The number of ether oxygens (including phenoxy) is 1. The molecule has 12 heavy (non-hydrogen) atoms. The van der Waals surface area contributed by atoms with Crippen molar-refractivity contribution >= 4 is 15.9 Å². The van der Waals surface area contributed by atoms with Gasteiger partial charge < -0.3 is 4.74 Å². The van der Waals surface area contributed by atoms with Gasteiger partial charge in [0.2, 0.25) is 0 Å². The topological polar surface area (TPSA) is 9.23 Å². The Bertz CT molecular complexity index is 283. The lowest BCUT2D eigenvalue weighted by Crippen LogP contribution is -2.09. The molecule has 0 atom stereocenters. The highest BCUT2D eigenvalue weighted by Crippen LogP contribution is 2.19. The summed E-state index contributed by atoms with van der Waals surface area (Å²) >= 11 is 3.45. The standard InChI is InChI=1S/C10H11BrO/c11-6-8-1-2-10-7-12-4-3-9(10)5-8/h1-2,5H,3-4,6-7H2. The van der Waals surface area contributed by atoms with E-state index in [0.717, 1.165) is 25.0 Å². The molecule has 1 aromatic rings. The zero-order valence-electron chi connectivity index (χ0n) is 6.85. The number of hydrogen-bond acceptors (Lipinski definition) is 1. The van der Waals surface area contributed by atoms with Crippen LogP contribution in [-0.4, -0.2) is 6.61 Å². The van der Waals surface area contributed by atoms with Crippen LogP contribution in [0.5, 0.6) is 0 Å². The number of alkyl halides is 1. The van der Waals surface area contributed by atoms with E-state index in [0.29, 0.717) is 0 Å². The highest BCUT2D eigenvalue weighted by molar-refractivity contribution is 9.08. The molecule has 0 spiro atoms. The van der Waals surface area contributed by atoms with Crippen LogP contribution in [0.15, 0.2) is 18.2 Å². The average molecular weight is 227 g/mol. The van der Waals surface area contributed by atoms with Gasteiger partial charge in [-0.15, -0.1) is 0 Å². The SMILES string of the molecule is BrCc1ccc2c(c1)CCOC2. The third kappa shape index (κ3) is 1.54. The maximum absolute atomic E-state index is 5.36. The number of fused-ring (bicyclic) bond motifs is 1. The molecular weight excluding hydrogens is 216 g/mol. The number of hydrogen-bond donors (Lipinski definition) is 0. The van der Waals surface area contributed by atoms with E-state index in [1.54, 1.807) is 0 Å². The quantitative estimate of drug-likeness (QED) is 0.670. The van der Waals surface area contributed by atoms with Crippen molar-refractivity contribution < 1.29 is 4.74 Å². The van der Waals surface area contributed by atoms with Crippen LogP contribution in [0.25, 0.3) is 0 Å². The van der Waals surface area contributed by atoms with Crippen molar-refractivity contribution in [1.29, 1.82) is 0 Å². The van der Waals surface area contributed by atoms with Gasteiger partial charge in [-0.3, -0.25) is 0 Å². The number of halogens is 1. The van der Waals surface area contributed by atoms with E-state index >= 15 is 0 Å². The molecule has 1 aliphatic heterocycles. The third-order valence-electron chi connectivity index (χ3n) is 2.20. The van der Waals surface area contributed by atoms with Gasteiger partial charge in [-0.25, -0.2) is 0 Å². The predicted molar refractivity (Wildman–Crippen MR) is 52.4 cm³/mol. The lowest BCUT2D eigenvalue weighted by atomic mass is 10.0. The lowest BCUT2D eigenvalue weighted by molar-refractivity contribution is 0.110. The van der Waals surface area contributed by atoms with E-state index in [1.165, 1.54) is 16.7 Å². The van der Waals surface area contributed by atoms with Crippen LogP contribution in [-0.2, 0) is 23.1 Å². The normalized spacial score (nSPS) is 15.8. The molecule has 1 nitrogen and oxygen atoms in total. The first-order chi connectivity index (χ1) is 5.90. The minimum atomic E-state index is 0.790. The molecular formula is C10H11BrO. The van der Waals surface area contributed by atoms with Gasteiger partial charge in [0.15, 0.2) is 0 Å². The van der Waals surface area contributed by atoms with Gasteiger partial charge in [0, 0.05) is 5.33 Å². The lowest BCUT2D eigenvalue weighted by Gasteiger charge is -2.16. The molecule has 1 heterocycles. The van der Waals surface area contributed by atoms with Gasteiger partial charge in [0.1, 0.15) is 0 Å². The van der Waals surface area contributed by atoms with E-state index in [-0.39, 0.29) is 0 Å². The molecule has 0 N–H and O–H groups in total. The van der Waals surface area contributed by atoms with Crippen molar-refractivity contribution in [3.8, 4) is 0 Å². The van der Waals surface area contributed by atoms with Gasteiger partial charge in [0.25, 0.3) is 0 Å². The summed E-state index contributed by atoms with van der Waals surface area (Å²) < 4.78 is 5.36. The van der Waals surface area contributed by atoms with E-state index in [4.69, 9.17) is 4.74 Å². The second kappa shape index (κ2) is 3.58. The van der Waals surface area contributed by atoms with Crippen LogP contribution in [0.1, 0.15) is 16.7 Å². The first-order valence-electron chi connectivity index (χ1n) is 4.14. The second-order valence-electron chi connectivity index (χ2n) is 3.04. The third-order valence-corrected chi connectivity index (χ3v) is 2.85. The molecule has 2 rings (SSSR count). The largest absolute Gasteiger partial charge is 0.376 e. The Morgan fingerprint density at radius 1 is 1.33 bits per heavy atom. The van der Waals surface area contributed by atoms with Crippen LogP contribution in [0.2, 0.25) is 0 Å². The van der Waals surface area contributed by atoms with Gasteiger partial charge in [-0.2, -0.15) is 0 Å². The van der Waals surface area contributed by atoms with E-state index < -0.39 is 0 Å². The fourth-order valence-electron chi connectivity index (χ4n) is 1.50. The highest BCUT2D eigenvalue weighted by Gasteiger charge is 2.08. The van der Waals surface area contributed by atoms with Gasteiger partial charge in [-0.1, -0.05) is 34.1 Å². The zero-order chi connectivity index (χ0) is 8.39. The molecule has 0 amide bonds. The Labute approximate surface area is 80.9 Å². The molecule has 0 radical (unpaired) electrons. The van der Waals surface area contributed by atoms with Crippen molar-refractivity contribution in [3.63, 3.8) is 0 Å². The van der Waals surface area contributed by atoms with E-state index in [1.807, 2.05) is 0 Å². The maximum Gasteiger partial charge on any atom is 0.0719 e. The first kappa shape index (κ1) is 8.27. The average Bonchev–Trinajstić information content (AvgIpc) is 2.17. The summed E-state index contributed by atoms with van der Waals surface area (Å²) in [5.74, 6) is 0. The molecule has 0 saturated carbocycles. The number of rotatable bonds is 1. The maximum atomic E-state index is 5.36. The molecule has 0 bridgehead atoms. The summed E-state index contributed by atoms with van der Waals surface area (Å²) in [4.78, 5) is 0. The van der Waals surface area contributed by atoms with Crippen LogP contribution < -0.4 is 0 Å². The molecule has 0 unspecified atom stereocenters. The molecule has 0 saturated heterocycles. The first-order valence-corrected chi connectivity index (χ1v) is 5.26. The Kier molecular flexibility index (Phi) is 2.47. The molecule has 2 heteroatoms. The van der Waals surface area contributed by atoms with E-state index in [9.17, 15) is 0 Å². The summed E-state index contributed by atoms with van der Waals surface area (Å²) in [5, 5.41) is 0.946.